The minimum Gasteiger partial charge on any atom is -0.360 e. The number of fused-ring (bicyclic) bond motifs is 1. The third-order valence-electron chi connectivity index (χ3n) is 4.46. The molecule has 3 heterocycles. The summed E-state index contributed by atoms with van der Waals surface area (Å²) in [4.78, 5) is 2.24. The van der Waals surface area contributed by atoms with E-state index in [1.807, 2.05) is 18.2 Å². The van der Waals surface area contributed by atoms with E-state index in [0.29, 0.717) is 5.92 Å². The maximum Gasteiger partial charge on any atom is 0.151 e. The van der Waals surface area contributed by atoms with Gasteiger partial charge in [-0.15, -0.1) is 5.10 Å². The largest absolute Gasteiger partial charge is 0.360 e. The molecule has 5 nitrogen and oxygen atoms in total. The van der Waals surface area contributed by atoms with Crippen LogP contribution in [0, 0.1) is 0 Å². The summed E-state index contributed by atoms with van der Waals surface area (Å²) in [7, 11) is 0. The molecule has 0 saturated carbocycles. The lowest BCUT2D eigenvalue weighted by molar-refractivity contribution is 0.378. The number of benzene rings is 1. The van der Waals surface area contributed by atoms with E-state index in [2.05, 4.69) is 58.4 Å². The first-order valence-electron chi connectivity index (χ1n) is 8.34. The molecule has 0 amide bonds. The van der Waals surface area contributed by atoms with Gasteiger partial charge < -0.3 is 9.42 Å². The van der Waals surface area contributed by atoms with Crippen LogP contribution in [0.15, 0.2) is 47.0 Å². The van der Waals surface area contributed by atoms with Crippen LogP contribution >= 0.6 is 0 Å². The van der Waals surface area contributed by atoms with Gasteiger partial charge >= 0.3 is 0 Å². The van der Waals surface area contributed by atoms with E-state index in [1.165, 1.54) is 0 Å². The Balaban J connectivity index is 1.62. The highest BCUT2D eigenvalue weighted by Gasteiger charge is 2.25. The molecule has 3 aromatic rings. The molecule has 0 atom stereocenters. The molecule has 0 radical (unpaired) electrons. The Morgan fingerprint density at radius 2 is 1.88 bits per heavy atom. The smallest absolute Gasteiger partial charge is 0.151 e. The minimum absolute atomic E-state index is 0.391. The van der Waals surface area contributed by atoms with Crippen LogP contribution in [0.3, 0.4) is 0 Å². The fourth-order valence-corrected chi connectivity index (χ4v) is 3.04. The SMILES string of the molecule is CC(C)c1ccc(N2CCc3onc(-c4ccccc4)c3C2)nn1. The molecule has 0 bridgehead atoms. The number of aromatic nitrogens is 3. The van der Waals surface area contributed by atoms with Crippen LogP contribution in [-0.4, -0.2) is 21.9 Å². The van der Waals surface area contributed by atoms with Gasteiger partial charge in [-0.1, -0.05) is 49.3 Å². The molecule has 122 valence electrons. The van der Waals surface area contributed by atoms with Gasteiger partial charge in [-0.25, -0.2) is 0 Å². The average Bonchev–Trinajstić information content (AvgIpc) is 3.05. The lowest BCUT2D eigenvalue weighted by Gasteiger charge is -2.27. The van der Waals surface area contributed by atoms with Crippen LogP contribution in [0.1, 0.15) is 36.8 Å². The summed E-state index contributed by atoms with van der Waals surface area (Å²) >= 11 is 0. The van der Waals surface area contributed by atoms with Crippen LogP contribution in [0.25, 0.3) is 11.3 Å². The Hall–Kier alpha value is -2.69. The topological polar surface area (TPSA) is 55.1 Å². The monoisotopic (exact) mass is 320 g/mol. The average molecular weight is 320 g/mol. The molecule has 1 aromatic carbocycles. The predicted molar refractivity (Wildman–Crippen MR) is 92.8 cm³/mol. The Labute approximate surface area is 141 Å². The first-order valence-corrected chi connectivity index (χ1v) is 8.34. The van der Waals surface area contributed by atoms with Gasteiger partial charge in [0.15, 0.2) is 5.82 Å². The third-order valence-corrected chi connectivity index (χ3v) is 4.46. The highest BCUT2D eigenvalue weighted by Crippen LogP contribution is 2.31. The Morgan fingerprint density at radius 1 is 1.04 bits per heavy atom. The van der Waals surface area contributed by atoms with Crippen molar-refractivity contribution in [1.29, 1.82) is 0 Å². The highest BCUT2D eigenvalue weighted by atomic mass is 16.5. The molecule has 24 heavy (non-hydrogen) atoms. The molecular weight excluding hydrogens is 300 g/mol. The Bertz CT molecular complexity index is 824. The fourth-order valence-electron chi connectivity index (χ4n) is 3.04. The molecule has 5 heteroatoms. The number of hydrogen-bond donors (Lipinski definition) is 0. The van der Waals surface area contributed by atoms with Crippen LogP contribution < -0.4 is 4.90 Å². The summed E-state index contributed by atoms with van der Waals surface area (Å²) in [6, 6.07) is 14.3. The molecule has 4 rings (SSSR count). The highest BCUT2D eigenvalue weighted by molar-refractivity contribution is 5.64. The Morgan fingerprint density at radius 3 is 2.58 bits per heavy atom. The van der Waals surface area contributed by atoms with Crippen LogP contribution in [-0.2, 0) is 13.0 Å². The second kappa shape index (κ2) is 6.07. The Kier molecular flexibility index (Phi) is 3.76. The van der Waals surface area contributed by atoms with Gasteiger partial charge in [0.25, 0.3) is 0 Å². The van der Waals surface area contributed by atoms with E-state index in [-0.39, 0.29) is 0 Å². The fraction of sp³-hybridized carbons (Fsp3) is 0.316. The maximum atomic E-state index is 5.56. The van der Waals surface area contributed by atoms with Crippen molar-refractivity contribution >= 4 is 5.82 Å². The zero-order chi connectivity index (χ0) is 16.5. The van der Waals surface area contributed by atoms with Crippen molar-refractivity contribution in [2.24, 2.45) is 0 Å². The number of hydrogen-bond acceptors (Lipinski definition) is 5. The predicted octanol–water partition coefficient (Wildman–Crippen LogP) is 3.82. The van der Waals surface area contributed by atoms with Gasteiger partial charge in [-0.05, 0) is 18.1 Å². The summed E-state index contributed by atoms with van der Waals surface area (Å²) in [5.41, 5.74) is 4.20. The zero-order valence-corrected chi connectivity index (χ0v) is 13.9. The van der Waals surface area contributed by atoms with Crippen molar-refractivity contribution in [2.45, 2.75) is 32.7 Å². The zero-order valence-electron chi connectivity index (χ0n) is 13.9. The second-order valence-corrected chi connectivity index (χ2v) is 6.44. The molecule has 0 fully saturated rings. The molecule has 0 unspecified atom stereocenters. The van der Waals surface area contributed by atoms with Gasteiger partial charge in [-0.2, -0.15) is 5.10 Å². The molecule has 0 spiro atoms. The second-order valence-electron chi connectivity index (χ2n) is 6.44. The van der Waals surface area contributed by atoms with Crippen LogP contribution in [0.4, 0.5) is 5.82 Å². The third kappa shape index (κ3) is 2.66. The lowest BCUT2D eigenvalue weighted by atomic mass is 10.0. The van der Waals surface area contributed by atoms with Gasteiger partial charge in [0.05, 0.1) is 12.2 Å². The van der Waals surface area contributed by atoms with E-state index in [9.17, 15) is 0 Å². The van der Waals surface area contributed by atoms with Crippen molar-refractivity contribution in [3.63, 3.8) is 0 Å². The van der Waals surface area contributed by atoms with Crippen LogP contribution in [0.5, 0.6) is 0 Å². The van der Waals surface area contributed by atoms with Crippen molar-refractivity contribution in [1.82, 2.24) is 15.4 Å². The van der Waals surface area contributed by atoms with Crippen molar-refractivity contribution in [2.75, 3.05) is 11.4 Å². The summed E-state index contributed by atoms with van der Waals surface area (Å²) in [5.74, 6) is 2.28. The van der Waals surface area contributed by atoms with Crippen molar-refractivity contribution < 1.29 is 4.52 Å². The quantitative estimate of drug-likeness (QED) is 0.734. The molecule has 2 aromatic heterocycles. The first-order chi connectivity index (χ1) is 11.7. The molecule has 1 aliphatic heterocycles. The minimum atomic E-state index is 0.391. The first kappa shape index (κ1) is 14.9. The summed E-state index contributed by atoms with van der Waals surface area (Å²) in [6.07, 6.45) is 0.836. The lowest BCUT2D eigenvalue weighted by Crippen LogP contribution is -2.30. The summed E-state index contributed by atoms with van der Waals surface area (Å²) < 4.78 is 5.56. The van der Waals surface area contributed by atoms with E-state index in [1.54, 1.807) is 0 Å². The van der Waals surface area contributed by atoms with Gasteiger partial charge in [0.2, 0.25) is 0 Å². The summed E-state index contributed by atoms with van der Waals surface area (Å²) in [6.45, 7) is 5.87. The van der Waals surface area contributed by atoms with E-state index in [4.69, 9.17) is 4.52 Å². The van der Waals surface area contributed by atoms with Crippen molar-refractivity contribution in [3.05, 3.63) is 59.5 Å². The normalized spacial score (nSPS) is 14.0. The molecule has 0 aliphatic carbocycles. The van der Waals surface area contributed by atoms with E-state index < -0.39 is 0 Å². The number of nitrogens with zero attached hydrogens (tertiary/aromatic N) is 4. The van der Waals surface area contributed by atoms with E-state index >= 15 is 0 Å². The van der Waals surface area contributed by atoms with Gasteiger partial charge in [-0.3, -0.25) is 0 Å². The van der Waals surface area contributed by atoms with Crippen molar-refractivity contribution in [3.8, 4) is 11.3 Å². The van der Waals surface area contributed by atoms with Crippen LogP contribution in [0.2, 0.25) is 0 Å². The standard InChI is InChI=1S/C19H20N4O/c1-13(2)16-8-9-18(21-20-16)23-11-10-17-15(12-23)19(22-24-17)14-6-4-3-5-7-14/h3-9,13H,10-12H2,1-2H3. The van der Waals surface area contributed by atoms with E-state index in [0.717, 1.165) is 53.6 Å². The molecular formula is C19H20N4O. The molecule has 0 N–H and O–H groups in total. The van der Waals surface area contributed by atoms with Gasteiger partial charge in [0.1, 0.15) is 11.5 Å². The summed E-state index contributed by atoms with van der Waals surface area (Å²) in [5, 5.41) is 13.1. The molecule has 1 aliphatic rings. The maximum absolute atomic E-state index is 5.56. The molecule has 0 saturated heterocycles. The number of anilines is 1. The van der Waals surface area contributed by atoms with Gasteiger partial charge in [0, 0.05) is 24.1 Å². The number of rotatable bonds is 3.